The molecule has 0 atom stereocenters. The number of benzene rings is 2. The van der Waals surface area contributed by atoms with Crippen molar-refractivity contribution in [3.8, 4) is 11.3 Å². The maximum atomic E-state index is 13.4. The molecule has 3 rings (SSSR count). The van der Waals surface area contributed by atoms with E-state index in [0.717, 1.165) is 35.5 Å². The number of nitrogens with zero attached hydrogens (tertiary/aromatic N) is 1. The van der Waals surface area contributed by atoms with Crippen molar-refractivity contribution in [1.29, 1.82) is 0 Å². The van der Waals surface area contributed by atoms with Gasteiger partial charge in [-0.2, -0.15) is 13.1 Å². The van der Waals surface area contributed by atoms with Gasteiger partial charge in [0, 0.05) is 18.3 Å². The smallest absolute Gasteiger partial charge is 0.337 e. The molecule has 2 aromatic carbocycles. The SMILES string of the molecule is Cc1cccc(CNS(N)(=O)=O)c1.O=C(O)c1ccc(-c2cc(F)ccc2F)nc1. The van der Waals surface area contributed by atoms with E-state index in [1.165, 1.54) is 12.1 Å². The summed E-state index contributed by atoms with van der Waals surface area (Å²) in [5.74, 6) is -2.31. The van der Waals surface area contributed by atoms with Crippen LogP contribution >= 0.6 is 0 Å². The van der Waals surface area contributed by atoms with Gasteiger partial charge in [-0.3, -0.25) is 4.98 Å². The topological polar surface area (TPSA) is 122 Å². The molecule has 0 amide bonds. The Labute approximate surface area is 172 Å². The fourth-order valence-electron chi connectivity index (χ4n) is 2.38. The van der Waals surface area contributed by atoms with Crippen LogP contribution in [0.1, 0.15) is 21.5 Å². The van der Waals surface area contributed by atoms with Gasteiger partial charge in [-0.15, -0.1) is 0 Å². The number of nitrogens with one attached hydrogen (secondary N) is 1. The van der Waals surface area contributed by atoms with E-state index in [2.05, 4.69) is 9.71 Å². The number of nitrogens with two attached hydrogens (primary N) is 1. The Kier molecular flexibility index (Phi) is 7.70. The van der Waals surface area contributed by atoms with Crippen molar-refractivity contribution in [2.75, 3.05) is 0 Å². The van der Waals surface area contributed by atoms with Gasteiger partial charge in [-0.25, -0.2) is 18.7 Å². The second kappa shape index (κ2) is 10.0. The van der Waals surface area contributed by atoms with Crippen molar-refractivity contribution >= 4 is 16.2 Å². The number of carboxylic acids is 1. The average molecular weight is 435 g/mol. The first kappa shape index (κ1) is 23.1. The van der Waals surface area contributed by atoms with E-state index in [1.807, 2.05) is 31.2 Å². The summed E-state index contributed by atoms with van der Waals surface area (Å²) in [7, 11) is -3.59. The predicted octanol–water partition coefficient (Wildman–Crippen LogP) is 3.01. The molecular weight excluding hydrogens is 416 g/mol. The number of aromatic carboxylic acids is 1. The summed E-state index contributed by atoms with van der Waals surface area (Å²) in [6.45, 7) is 2.18. The van der Waals surface area contributed by atoms with E-state index < -0.39 is 27.8 Å². The summed E-state index contributed by atoms with van der Waals surface area (Å²) >= 11 is 0. The first-order valence-electron chi connectivity index (χ1n) is 8.53. The molecule has 158 valence electrons. The summed E-state index contributed by atoms with van der Waals surface area (Å²) in [5, 5.41) is 13.5. The van der Waals surface area contributed by atoms with E-state index in [0.29, 0.717) is 0 Å². The van der Waals surface area contributed by atoms with Crippen LogP contribution in [0, 0.1) is 18.6 Å². The molecule has 7 nitrogen and oxygen atoms in total. The summed E-state index contributed by atoms with van der Waals surface area (Å²) < 4.78 is 49.7. The molecule has 1 aromatic heterocycles. The molecule has 0 aliphatic heterocycles. The fraction of sp³-hybridized carbons (Fsp3) is 0.100. The van der Waals surface area contributed by atoms with Gasteiger partial charge >= 0.3 is 5.97 Å². The van der Waals surface area contributed by atoms with Gasteiger partial charge in [0.1, 0.15) is 11.6 Å². The molecule has 0 bridgehead atoms. The fourth-order valence-corrected chi connectivity index (χ4v) is 2.75. The molecule has 4 N–H and O–H groups in total. The quantitative estimate of drug-likeness (QED) is 0.569. The number of carboxylic acid groups (broad SMARTS) is 1. The number of hydrogen-bond donors (Lipinski definition) is 3. The van der Waals surface area contributed by atoms with E-state index in [1.54, 1.807) is 0 Å². The molecule has 3 aromatic rings. The Morgan fingerprint density at radius 1 is 1.13 bits per heavy atom. The molecule has 30 heavy (non-hydrogen) atoms. The highest BCUT2D eigenvalue weighted by Gasteiger charge is 2.09. The number of pyridine rings is 1. The van der Waals surface area contributed by atoms with Gasteiger partial charge in [0.15, 0.2) is 0 Å². The van der Waals surface area contributed by atoms with Gasteiger partial charge in [-0.05, 0) is 42.8 Å². The summed E-state index contributed by atoms with van der Waals surface area (Å²) in [4.78, 5) is 14.4. The largest absolute Gasteiger partial charge is 0.478 e. The molecule has 0 spiro atoms. The Balaban J connectivity index is 0.000000222. The molecule has 0 radical (unpaired) electrons. The van der Waals surface area contributed by atoms with Crippen LogP contribution in [0.2, 0.25) is 0 Å². The number of rotatable bonds is 5. The van der Waals surface area contributed by atoms with Crippen LogP contribution in [0.3, 0.4) is 0 Å². The lowest BCUT2D eigenvalue weighted by atomic mass is 10.1. The number of carbonyl (C=O) groups is 1. The van der Waals surface area contributed by atoms with Gasteiger partial charge in [0.2, 0.25) is 0 Å². The first-order valence-corrected chi connectivity index (χ1v) is 10.1. The molecule has 0 saturated carbocycles. The zero-order valence-electron chi connectivity index (χ0n) is 15.8. The van der Waals surface area contributed by atoms with Gasteiger partial charge in [0.05, 0.1) is 11.3 Å². The lowest BCUT2D eigenvalue weighted by molar-refractivity contribution is 0.0696. The van der Waals surface area contributed by atoms with Gasteiger partial charge < -0.3 is 5.11 Å². The number of aryl methyl sites for hydroxylation is 1. The number of aromatic nitrogens is 1. The average Bonchev–Trinajstić information content (AvgIpc) is 2.68. The van der Waals surface area contributed by atoms with Crippen molar-refractivity contribution < 1.29 is 27.1 Å². The molecule has 0 saturated heterocycles. The van der Waals surface area contributed by atoms with Crippen LogP contribution in [-0.4, -0.2) is 24.5 Å². The Morgan fingerprint density at radius 2 is 1.87 bits per heavy atom. The molecule has 0 aliphatic rings. The van der Waals surface area contributed by atoms with E-state index in [-0.39, 0.29) is 23.4 Å². The maximum absolute atomic E-state index is 13.4. The molecule has 1 heterocycles. The monoisotopic (exact) mass is 435 g/mol. The van der Waals surface area contributed by atoms with Crippen molar-refractivity contribution in [3.05, 3.63) is 89.1 Å². The highest BCUT2D eigenvalue weighted by atomic mass is 32.2. The third kappa shape index (κ3) is 7.32. The van der Waals surface area contributed by atoms with E-state index in [4.69, 9.17) is 10.2 Å². The molecule has 0 aliphatic carbocycles. The number of hydrogen-bond acceptors (Lipinski definition) is 4. The van der Waals surface area contributed by atoms with Crippen molar-refractivity contribution in [2.45, 2.75) is 13.5 Å². The van der Waals surface area contributed by atoms with Crippen LogP contribution in [0.25, 0.3) is 11.3 Å². The van der Waals surface area contributed by atoms with Crippen LogP contribution < -0.4 is 9.86 Å². The third-order valence-corrected chi connectivity index (χ3v) is 4.32. The van der Waals surface area contributed by atoms with Gasteiger partial charge in [0.25, 0.3) is 10.2 Å². The van der Waals surface area contributed by atoms with Crippen molar-refractivity contribution in [1.82, 2.24) is 9.71 Å². The Morgan fingerprint density at radius 3 is 2.43 bits per heavy atom. The first-order chi connectivity index (χ1) is 14.0. The van der Waals surface area contributed by atoms with Crippen molar-refractivity contribution in [3.63, 3.8) is 0 Å². The lowest BCUT2D eigenvalue weighted by Gasteiger charge is -2.03. The maximum Gasteiger partial charge on any atom is 0.337 e. The van der Waals surface area contributed by atoms with E-state index >= 15 is 0 Å². The summed E-state index contributed by atoms with van der Waals surface area (Å²) in [5.41, 5.74) is 2.17. The molecule has 10 heteroatoms. The number of halogens is 2. The highest BCUT2D eigenvalue weighted by molar-refractivity contribution is 7.87. The van der Waals surface area contributed by atoms with Crippen molar-refractivity contribution in [2.24, 2.45) is 5.14 Å². The Bertz CT molecular complexity index is 1140. The third-order valence-electron chi connectivity index (χ3n) is 3.77. The predicted molar refractivity (Wildman–Crippen MR) is 108 cm³/mol. The minimum Gasteiger partial charge on any atom is -0.478 e. The highest BCUT2D eigenvalue weighted by Crippen LogP contribution is 2.21. The Hall–Kier alpha value is -3.21. The molecular formula is C20H19F2N3O4S. The van der Waals surface area contributed by atoms with Gasteiger partial charge in [-0.1, -0.05) is 29.8 Å². The van der Waals surface area contributed by atoms with Crippen LogP contribution in [0.4, 0.5) is 8.78 Å². The zero-order chi connectivity index (χ0) is 22.3. The van der Waals surface area contributed by atoms with Crippen LogP contribution in [0.15, 0.2) is 60.8 Å². The zero-order valence-corrected chi connectivity index (χ0v) is 16.7. The standard InChI is InChI=1S/C12H7F2NO2.C8H12N2O2S/c13-8-2-3-10(14)9(5-8)11-4-1-7(6-15-11)12(16)17;1-7-3-2-4-8(5-7)6-10-13(9,11)12/h1-6H,(H,16,17);2-5,10H,6H2,1H3,(H2,9,11,12). The van der Waals surface area contributed by atoms with Crippen LogP contribution in [0.5, 0.6) is 0 Å². The normalized spacial score (nSPS) is 10.8. The second-order valence-electron chi connectivity index (χ2n) is 6.22. The lowest BCUT2D eigenvalue weighted by Crippen LogP contribution is -2.30. The van der Waals surface area contributed by atoms with Crippen LogP contribution in [-0.2, 0) is 16.8 Å². The minimum absolute atomic E-state index is 0.00180. The van der Waals surface area contributed by atoms with E-state index in [9.17, 15) is 22.0 Å². The summed E-state index contributed by atoms with van der Waals surface area (Å²) in [6, 6.07) is 13.2. The second-order valence-corrected chi connectivity index (χ2v) is 7.60. The minimum atomic E-state index is -3.59. The molecule has 0 unspecified atom stereocenters. The molecule has 0 fully saturated rings. The summed E-state index contributed by atoms with van der Waals surface area (Å²) in [6.07, 6.45) is 1.10.